The van der Waals surface area contributed by atoms with Gasteiger partial charge in [-0.1, -0.05) is 47.7 Å². The highest BCUT2D eigenvalue weighted by atomic mass is 32.1. The number of amides is 1. The van der Waals surface area contributed by atoms with Gasteiger partial charge < -0.3 is 4.74 Å². The van der Waals surface area contributed by atoms with E-state index in [0.29, 0.717) is 13.0 Å². The number of morpholine rings is 1. The SMILES string of the molecule is Cc1cc(C)c2sc(N(CCCN3CCOCC3)C(=O)CCc3ccccc3)nc2c1. The van der Waals surface area contributed by atoms with Crippen LogP contribution in [-0.4, -0.2) is 55.2 Å². The first kappa shape index (κ1) is 21.9. The summed E-state index contributed by atoms with van der Waals surface area (Å²) in [4.78, 5) is 22.5. The first-order chi connectivity index (χ1) is 15.1. The van der Waals surface area contributed by atoms with E-state index in [9.17, 15) is 4.79 Å². The summed E-state index contributed by atoms with van der Waals surface area (Å²) in [5, 5.41) is 0.823. The van der Waals surface area contributed by atoms with Crippen LogP contribution in [0, 0.1) is 13.8 Å². The van der Waals surface area contributed by atoms with Gasteiger partial charge in [0.15, 0.2) is 5.13 Å². The average molecular weight is 438 g/mol. The van der Waals surface area contributed by atoms with Gasteiger partial charge in [-0.2, -0.15) is 0 Å². The lowest BCUT2D eigenvalue weighted by Gasteiger charge is -2.27. The van der Waals surface area contributed by atoms with Crippen LogP contribution in [0.3, 0.4) is 0 Å². The Morgan fingerprint density at radius 3 is 2.71 bits per heavy atom. The summed E-state index contributed by atoms with van der Waals surface area (Å²) < 4.78 is 6.62. The van der Waals surface area contributed by atoms with Crippen LogP contribution in [0.4, 0.5) is 5.13 Å². The Bertz CT molecular complexity index is 1010. The number of ether oxygens (including phenoxy) is 1. The molecular formula is C25H31N3O2S. The Morgan fingerprint density at radius 1 is 1.16 bits per heavy atom. The number of rotatable bonds is 8. The van der Waals surface area contributed by atoms with Crippen molar-refractivity contribution in [3.05, 3.63) is 59.2 Å². The van der Waals surface area contributed by atoms with E-state index in [1.54, 1.807) is 11.3 Å². The van der Waals surface area contributed by atoms with E-state index in [1.807, 2.05) is 23.1 Å². The predicted molar refractivity (Wildman–Crippen MR) is 128 cm³/mol. The molecule has 1 saturated heterocycles. The van der Waals surface area contributed by atoms with Crippen molar-refractivity contribution in [2.45, 2.75) is 33.1 Å². The molecule has 31 heavy (non-hydrogen) atoms. The molecule has 0 saturated carbocycles. The van der Waals surface area contributed by atoms with Crippen LogP contribution in [0.15, 0.2) is 42.5 Å². The van der Waals surface area contributed by atoms with Gasteiger partial charge >= 0.3 is 0 Å². The number of aromatic nitrogens is 1. The zero-order valence-corrected chi connectivity index (χ0v) is 19.3. The van der Waals surface area contributed by atoms with E-state index in [2.05, 4.69) is 43.0 Å². The van der Waals surface area contributed by atoms with Crippen molar-refractivity contribution in [1.82, 2.24) is 9.88 Å². The summed E-state index contributed by atoms with van der Waals surface area (Å²) in [7, 11) is 0. The van der Waals surface area contributed by atoms with E-state index in [0.717, 1.165) is 56.3 Å². The van der Waals surface area contributed by atoms with Crippen LogP contribution in [0.5, 0.6) is 0 Å². The van der Waals surface area contributed by atoms with Crippen molar-refractivity contribution in [1.29, 1.82) is 0 Å². The fraction of sp³-hybridized carbons (Fsp3) is 0.440. The van der Waals surface area contributed by atoms with E-state index >= 15 is 0 Å². The summed E-state index contributed by atoms with van der Waals surface area (Å²) in [6, 6.07) is 14.5. The van der Waals surface area contributed by atoms with E-state index in [4.69, 9.17) is 9.72 Å². The number of fused-ring (bicyclic) bond motifs is 1. The second-order valence-corrected chi connectivity index (χ2v) is 9.24. The van der Waals surface area contributed by atoms with Crippen molar-refractivity contribution in [3.63, 3.8) is 0 Å². The molecule has 1 aliphatic rings. The molecule has 1 aromatic heterocycles. The van der Waals surface area contributed by atoms with Crippen molar-refractivity contribution < 1.29 is 9.53 Å². The van der Waals surface area contributed by atoms with Gasteiger partial charge in [-0.3, -0.25) is 14.6 Å². The molecule has 1 aliphatic heterocycles. The van der Waals surface area contributed by atoms with Crippen LogP contribution in [-0.2, 0) is 16.0 Å². The largest absolute Gasteiger partial charge is 0.379 e. The molecule has 6 heteroatoms. The number of carbonyl (C=O) groups excluding carboxylic acids is 1. The molecule has 4 rings (SSSR count). The number of benzene rings is 2. The maximum absolute atomic E-state index is 13.3. The van der Waals surface area contributed by atoms with Gasteiger partial charge in [0.2, 0.25) is 5.91 Å². The molecular weight excluding hydrogens is 406 g/mol. The maximum Gasteiger partial charge on any atom is 0.229 e. The predicted octanol–water partition coefficient (Wildman–Crippen LogP) is 4.60. The zero-order valence-electron chi connectivity index (χ0n) is 18.5. The third-order valence-corrected chi connectivity index (χ3v) is 7.00. The lowest BCUT2D eigenvalue weighted by molar-refractivity contribution is -0.118. The number of aryl methyl sites for hydroxylation is 3. The highest BCUT2D eigenvalue weighted by molar-refractivity contribution is 7.22. The van der Waals surface area contributed by atoms with Gasteiger partial charge in [0.05, 0.1) is 23.4 Å². The summed E-state index contributed by atoms with van der Waals surface area (Å²) in [6.07, 6.45) is 2.18. The normalized spacial score (nSPS) is 14.8. The van der Waals surface area contributed by atoms with Crippen LogP contribution in [0.2, 0.25) is 0 Å². The molecule has 5 nitrogen and oxygen atoms in total. The number of carbonyl (C=O) groups is 1. The Kier molecular flexibility index (Phi) is 7.33. The molecule has 0 atom stereocenters. The monoisotopic (exact) mass is 437 g/mol. The summed E-state index contributed by atoms with van der Waals surface area (Å²) in [5.74, 6) is 0.152. The minimum atomic E-state index is 0.152. The van der Waals surface area contributed by atoms with Gasteiger partial charge in [-0.05, 0) is 49.4 Å². The minimum Gasteiger partial charge on any atom is -0.379 e. The van der Waals surface area contributed by atoms with Crippen molar-refractivity contribution in [3.8, 4) is 0 Å². The standard InChI is InChI=1S/C25H31N3O2S/c1-19-17-20(2)24-22(18-19)26-25(31-24)28(12-6-11-27-13-15-30-16-14-27)23(29)10-9-21-7-4-3-5-8-21/h3-5,7-8,17-18H,6,9-16H2,1-2H3. The fourth-order valence-corrected chi connectivity index (χ4v) is 5.17. The number of hydrogen-bond acceptors (Lipinski definition) is 5. The molecule has 3 aromatic rings. The molecule has 1 amide bonds. The molecule has 0 aliphatic carbocycles. The highest BCUT2D eigenvalue weighted by Crippen LogP contribution is 2.32. The zero-order chi connectivity index (χ0) is 21.6. The van der Waals surface area contributed by atoms with E-state index in [-0.39, 0.29) is 5.91 Å². The Labute approximate surface area is 188 Å². The maximum atomic E-state index is 13.3. The number of anilines is 1. The van der Waals surface area contributed by atoms with E-state index in [1.165, 1.54) is 21.4 Å². The molecule has 0 spiro atoms. The molecule has 0 bridgehead atoms. The number of thiazole rings is 1. The van der Waals surface area contributed by atoms with Crippen LogP contribution in [0.1, 0.15) is 29.5 Å². The number of nitrogens with zero attached hydrogens (tertiary/aromatic N) is 3. The second-order valence-electron chi connectivity index (χ2n) is 8.27. The molecule has 0 unspecified atom stereocenters. The summed E-state index contributed by atoms with van der Waals surface area (Å²) >= 11 is 1.64. The fourth-order valence-electron chi connectivity index (χ4n) is 4.12. The Morgan fingerprint density at radius 2 is 1.94 bits per heavy atom. The van der Waals surface area contributed by atoms with Gasteiger partial charge in [-0.15, -0.1) is 0 Å². The molecule has 2 heterocycles. The van der Waals surface area contributed by atoms with Crippen molar-refractivity contribution in [2.75, 3.05) is 44.3 Å². The molecule has 0 N–H and O–H groups in total. The molecule has 164 valence electrons. The van der Waals surface area contributed by atoms with Crippen molar-refractivity contribution >= 4 is 32.6 Å². The number of hydrogen-bond donors (Lipinski definition) is 0. The van der Waals surface area contributed by atoms with Crippen LogP contribution >= 0.6 is 11.3 Å². The van der Waals surface area contributed by atoms with Gasteiger partial charge in [0, 0.05) is 32.6 Å². The Balaban J connectivity index is 1.49. The van der Waals surface area contributed by atoms with Crippen molar-refractivity contribution in [2.24, 2.45) is 0 Å². The highest BCUT2D eigenvalue weighted by Gasteiger charge is 2.21. The Hall–Kier alpha value is -2.28. The lowest BCUT2D eigenvalue weighted by atomic mass is 10.1. The third-order valence-electron chi connectivity index (χ3n) is 5.77. The first-order valence-corrected chi connectivity index (χ1v) is 11.9. The topological polar surface area (TPSA) is 45.7 Å². The average Bonchev–Trinajstić information content (AvgIpc) is 3.20. The quantitative estimate of drug-likeness (QED) is 0.517. The minimum absolute atomic E-state index is 0.152. The van der Waals surface area contributed by atoms with Gasteiger partial charge in [0.1, 0.15) is 0 Å². The first-order valence-electron chi connectivity index (χ1n) is 11.1. The van der Waals surface area contributed by atoms with Gasteiger partial charge in [0.25, 0.3) is 0 Å². The third kappa shape index (κ3) is 5.70. The molecule has 0 radical (unpaired) electrons. The second kappa shape index (κ2) is 10.4. The summed E-state index contributed by atoms with van der Waals surface area (Å²) in [6.45, 7) is 9.45. The molecule has 1 fully saturated rings. The summed E-state index contributed by atoms with van der Waals surface area (Å²) in [5.41, 5.74) is 4.62. The van der Waals surface area contributed by atoms with Crippen LogP contribution < -0.4 is 4.90 Å². The lowest BCUT2D eigenvalue weighted by Crippen LogP contribution is -2.39. The van der Waals surface area contributed by atoms with Crippen LogP contribution in [0.25, 0.3) is 10.2 Å². The van der Waals surface area contributed by atoms with Gasteiger partial charge in [-0.25, -0.2) is 4.98 Å². The smallest absolute Gasteiger partial charge is 0.229 e. The molecule has 2 aromatic carbocycles. The van der Waals surface area contributed by atoms with E-state index < -0.39 is 0 Å².